The number of nitrogens with zero attached hydrogens (tertiary/aromatic N) is 3. The number of amides is 1. The van der Waals surface area contributed by atoms with Crippen molar-refractivity contribution in [2.24, 2.45) is 0 Å². The Kier molecular flexibility index (Phi) is 3.88. The number of pyridine rings is 1. The van der Waals surface area contributed by atoms with Crippen LogP contribution >= 0.6 is 0 Å². The van der Waals surface area contributed by atoms with Crippen molar-refractivity contribution in [1.29, 1.82) is 0 Å². The predicted octanol–water partition coefficient (Wildman–Crippen LogP) is 1.48. The summed E-state index contributed by atoms with van der Waals surface area (Å²) in [5.41, 5.74) is 1.48. The Hall–Kier alpha value is -1.95. The molecule has 0 aromatic carbocycles. The van der Waals surface area contributed by atoms with E-state index in [9.17, 15) is 4.79 Å². The van der Waals surface area contributed by atoms with E-state index in [1.807, 2.05) is 13.0 Å². The van der Waals surface area contributed by atoms with E-state index in [0.29, 0.717) is 12.8 Å². The van der Waals surface area contributed by atoms with E-state index in [4.69, 9.17) is 4.74 Å². The van der Waals surface area contributed by atoms with Gasteiger partial charge in [-0.25, -0.2) is 0 Å². The number of hydrogen-bond acceptors (Lipinski definition) is 4. The predicted molar refractivity (Wildman–Crippen MR) is 67.3 cm³/mol. The van der Waals surface area contributed by atoms with Crippen molar-refractivity contribution in [3.63, 3.8) is 0 Å². The monoisotopic (exact) mass is 248 g/mol. The topological polar surface area (TPSA) is 68.5 Å². The molecule has 1 atom stereocenters. The zero-order valence-electron chi connectivity index (χ0n) is 10.5. The molecule has 0 fully saturated rings. The Bertz CT molecular complexity index is 538. The Morgan fingerprint density at radius 2 is 2.39 bits per heavy atom. The lowest BCUT2D eigenvalue weighted by molar-refractivity contribution is -0.116. The van der Waals surface area contributed by atoms with Crippen LogP contribution in [0.25, 0.3) is 5.65 Å². The first-order chi connectivity index (χ1) is 8.69. The van der Waals surface area contributed by atoms with Crippen LogP contribution in [0.1, 0.15) is 19.8 Å². The van der Waals surface area contributed by atoms with Crippen LogP contribution in [-0.2, 0) is 9.53 Å². The highest BCUT2D eigenvalue weighted by Gasteiger charge is 2.06. The summed E-state index contributed by atoms with van der Waals surface area (Å²) >= 11 is 0. The largest absolute Gasteiger partial charge is 0.382 e. The van der Waals surface area contributed by atoms with Crippen LogP contribution in [-0.4, -0.2) is 33.7 Å². The lowest BCUT2D eigenvalue weighted by Gasteiger charge is -2.09. The number of anilines is 1. The van der Waals surface area contributed by atoms with Crippen molar-refractivity contribution in [1.82, 2.24) is 14.6 Å². The van der Waals surface area contributed by atoms with Crippen LogP contribution in [0.3, 0.4) is 0 Å². The molecule has 2 aromatic rings. The van der Waals surface area contributed by atoms with Crippen LogP contribution < -0.4 is 5.32 Å². The number of carbonyl (C=O) groups excluding carboxylic acids is 1. The van der Waals surface area contributed by atoms with Crippen molar-refractivity contribution >= 4 is 17.2 Å². The maximum Gasteiger partial charge on any atom is 0.224 e. The maximum atomic E-state index is 11.7. The van der Waals surface area contributed by atoms with Gasteiger partial charge in [-0.3, -0.25) is 9.20 Å². The van der Waals surface area contributed by atoms with Gasteiger partial charge in [0.15, 0.2) is 5.65 Å². The molecule has 0 aliphatic carbocycles. The number of aromatic nitrogens is 3. The van der Waals surface area contributed by atoms with Gasteiger partial charge in [0.05, 0.1) is 11.8 Å². The molecule has 2 heterocycles. The van der Waals surface area contributed by atoms with Crippen LogP contribution in [0.4, 0.5) is 5.69 Å². The summed E-state index contributed by atoms with van der Waals surface area (Å²) in [6.45, 7) is 1.94. The van der Waals surface area contributed by atoms with Gasteiger partial charge in [-0.05, 0) is 25.5 Å². The van der Waals surface area contributed by atoms with Gasteiger partial charge in [-0.2, -0.15) is 0 Å². The SMILES string of the molecule is COC(C)CCC(=O)Nc1ccc2nncn2c1. The zero-order chi connectivity index (χ0) is 13.0. The fourth-order valence-electron chi connectivity index (χ4n) is 1.58. The molecule has 6 heteroatoms. The second-order valence-electron chi connectivity index (χ2n) is 4.15. The average Bonchev–Trinajstić information content (AvgIpc) is 2.83. The van der Waals surface area contributed by atoms with Crippen molar-refractivity contribution in [2.75, 3.05) is 12.4 Å². The van der Waals surface area contributed by atoms with Gasteiger partial charge >= 0.3 is 0 Å². The molecule has 6 nitrogen and oxygen atoms in total. The molecule has 1 unspecified atom stereocenters. The average molecular weight is 248 g/mol. The van der Waals surface area contributed by atoms with Gasteiger partial charge in [-0.1, -0.05) is 0 Å². The van der Waals surface area contributed by atoms with E-state index in [0.717, 1.165) is 11.3 Å². The minimum Gasteiger partial charge on any atom is -0.382 e. The normalized spacial score (nSPS) is 12.6. The Morgan fingerprint density at radius 1 is 1.56 bits per heavy atom. The summed E-state index contributed by atoms with van der Waals surface area (Å²) in [5.74, 6) is -0.0219. The number of methoxy groups -OCH3 is 1. The fraction of sp³-hybridized carbons (Fsp3) is 0.417. The first-order valence-corrected chi connectivity index (χ1v) is 5.81. The quantitative estimate of drug-likeness (QED) is 0.870. The fourth-order valence-corrected chi connectivity index (χ4v) is 1.58. The number of hydrogen-bond donors (Lipinski definition) is 1. The summed E-state index contributed by atoms with van der Waals surface area (Å²) in [7, 11) is 1.64. The number of ether oxygens (including phenoxy) is 1. The Balaban J connectivity index is 1.94. The van der Waals surface area contributed by atoms with Crippen molar-refractivity contribution in [2.45, 2.75) is 25.9 Å². The summed E-state index contributed by atoms with van der Waals surface area (Å²) < 4.78 is 6.85. The molecule has 0 spiro atoms. The van der Waals surface area contributed by atoms with Gasteiger partial charge in [0.25, 0.3) is 0 Å². The van der Waals surface area contributed by atoms with Crippen molar-refractivity contribution in [3.8, 4) is 0 Å². The van der Waals surface area contributed by atoms with E-state index in [1.54, 1.807) is 30.1 Å². The Labute approximate surface area is 105 Å². The van der Waals surface area contributed by atoms with E-state index in [2.05, 4.69) is 15.5 Å². The molecule has 1 N–H and O–H groups in total. The molecule has 0 aliphatic rings. The van der Waals surface area contributed by atoms with Crippen LogP contribution in [0, 0.1) is 0 Å². The highest BCUT2D eigenvalue weighted by atomic mass is 16.5. The molecule has 0 saturated carbocycles. The molecule has 18 heavy (non-hydrogen) atoms. The molecular weight excluding hydrogens is 232 g/mol. The van der Waals surface area contributed by atoms with Crippen molar-refractivity contribution in [3.05, 3.63) is 24.7 Å². The first kappa shape index (κ1) is 12.5. The van der Waals surface area contributed by atoms with Gasteiger partial charge in [0.1, 0.15) is 6.33 Å². The second kappa shape index (κ2) is 5.59. The third-order valence-corrected chi connectivity index (χ3v) is 2.75. The van der Waals surface area contributed by atoms with Gasteiger partial charge in [-0.15, -0.1) is 10.2 Å². The molecule has 2 rings (SSSR count). The maximum absolute atomic E-state index is 11.7. The molecule has 1 amide bonds. The minimum atomic E-state index is -0.0219. The van der Waals surface area contributed by atoms with E-state index >= 15 is 0 Å². The zero-order valence-corrected chi connectivity index (χ0v) is 10.5. The number of fused-ring (bicyclic) bond motifs is 1. The van der Waals surface area contributed by atoms with E-state index in [-0.39, 0.29) is 12.0 Å². The molecular formula is C12H16N4O2. The summed E-state index contributed by atoms with van der Waals surface area (Å²) in [6.07, 6.45) is 4.62. The molecule has 2 aromatic heterocycles. The molecule has 0 bridgehead atoms. The standard InChI is InChI=1S/C12H16N4O2/c1-9(18-2)3-6-12(17)14-10-4-5-11-15-13-8-16(11)7-10/h4-5,7-9H,3,6H2,1-2H3,(H,14,17). The van der Waals surface area contributed by atoms with Gasteiger partial charge in [0, 0.05) is 19.7 Å². The highest BCUT2D eigenvalue weighted by molar-refractivity contribution is 5.90. The first-order valence-electron chi connectivity index (χ1n) is 5.81. The molecule has 0 saturated heterocycles. The van der Waals surface area contributed by atoms with Crippen molar-refractivity contribution < 1.29 is 9.53 Å². The van der Waals surface area contributed by atoms with Crippen LogP contribution in [0.15, 0.2) is 24.7 Å². The number of carbonyl (C=O) groups is 1. The molecule has 0 aliphatic heterocycles. The highest BCUT2D eigenvalue weighted by Crippen LogP contribution is 2.10. The van der Waals surface area contributed by atoms with Crippen LogP contribution in [0.2, 0.25) is 0 Å². The Morgan fingerprint density at radius 3 is 3.17 bits per heavy atom. The summed E-state index contributed by atoms with van der Waals surface area (Å²) in [4.78, 5) is 11.7. The van der Waals surface area contributed by atoms with Gasteiger partial charge < -0.3 is 10.1 Å². The smallest absolute Gasteiger partial charge is 0.224 e. The van der Waals surface area contributed by atoms with E-state index in [1.165, 1.54) is 0 Å². The number of rotatable bonds is 5. The van der Waals surface area contributed by atoms with E-state index < -0.39 is 0 Å². The second-order valence-corrected chi connectivity index (χ2v) is 4.15. The molecule has 96 valence electrons. The third kappa shape index (κ3) is 3.04. The lowest BCUT2D eigenvalue weighted by atomic mass is 10.2. The lowest BCUT2D eigenvalue weighted by Crippen LogP contribution is -2.15. The molecule has 0 radical (unpaired) electrons. The summed E-state index contributed by atoms with van der Waals surface area (Å²) in [5, 5.41) is 10.5. The summed E-state index contributed by atoms with van der Waals surface area (Å²) in [6, 6.07) is 3.61. The third-order valence-electron chi connectivity index (χ3n) is 2.75. The van der Waals surface area contributed by atoms with Crippen LogP contribution in [0.5, 0.6) is 0 Å². The van der Waals surface area contributed by atoms with Gasteiger partial charge in [0.2, 0.25) is 5.91 Å². The number of nitrogens with one attached hydrogen (secondary N) is 1. The minimum absolute atomic E-state index is 0.0219.